The number of fused-ring (bicyclic) bond motifs is 1. The third-order valence-corrected chi connectivity index (χ3v) is 6.23. The zero-order chi connectivity index (χ0) is 19.7. The zero-order valence-corrected chi connectivity index (χ0v) is 17.3. The third kappa shape index (κ3) is 3.69. The van der Waals surface area contributed by atoms with E-state index < -0.39 is 0 Å². The van der Waals surface area contributed by atoms with Gasteiger partial charge in [-0.25, -0.2) is 4.98 Å². The second-order valence-electron chi connectivity index (χ2n) is 6.12. The Labute approximate surface area is 170 Å². The van der Waals surface area contributed by atoms with Gasteiger partial charge in [-0.1, -0.05) is 11.8 Å². The largest absolute Gasteiger partial charge is 0.454 e. The van der Waals surface area contributed by atoms with Crippen LogP contribution >= 0.6 is 23.1 Å². The Morgan fingerprint density at radius 1 is 1.29 bits per heavy atom. The number of benzene rings is 1. The van der Waals surface area contributed by atoms with Gasteiger partial charge >= 0.3 is 0 Å². The molecule has 3 heterocycles. The van der Waals surface area contributed by atoms with Gasteiger partial charge in [-0.3, -0.25) is 4.79 Å². The summed E-state index contributed by atoms with van der Waals surface area (Å²) in [7, 11) is 0. The van der Waals surface area contributed by atoms with Crippen LogP contribution in [0.25, 0.3) is 11.4 Å². The number of hydrogen-bond donors (Lipinski definition) is 1. The maximum atomic E-state index is 12.3. The predicted molar refractivity (Wildman–Crippen MR) is 108 cm³/mol. The molecule has 146 valence electrons. The number of amides is 1. The van der Waals surface area contributed by atoms with Crippen LogP contribution in [0, 0.1) is 13.8 Å². The number of ether oxygens (including phenoxy) is 2. The van der Waals surface area contributed by atoms with Gasteiger partial charge in [0.2, 0.25) is 12.7 Å². The fourth-order valence-corrected chi connectivity index (χ4v) is 4.37. The molecule has 0 atom stereocenters. The number of nitrogens with zero attached hydrogens (tertiary/aromatic N) is 4. The van der Waals surface area contributed by atoms with Gasteiger partial charge in [-0.2, -0.15) is 0 Å². The standard InChI is InChI=1S/C18H19N5O3S2/c1-4-23-16(12-5-6-13-14(7-12)26-9-25-13)21-22-18(23)27-8-15(24)20-17-19-10(2)11(3)28-17/h5-7H,4,8-9H2,1-3H3,(H,19,20,24). The molecular formula is C18H19N5O3S2. The lowest BCUT2D eigenvalue weighted by Crippen LogP contribution is -2.14. The first kappa shape index (κ1) is 18.8. The van der Waals surface area contributed by atoms with Gasteiger partial charge in [0.25, 0.3) is 0 Å². The van der Waals surface area contributed by atoms with Crippen molar-refractivity contribution in [2.45, 2.75) is 32.5 Å². The number of hydrogen-bond acceptors (Lipinski definition) is 8. The topological polar surface area (TPSA) is 91.2 Å². The third-order valence-electron chi connectivity index (χ3n) is 4.27. The van der Waals surface area contributed by atoms with Crippen molar-refractivity contribution in [2.75, 3.05) is 17.9 Å². The Kier molecular flexibility index (Phi) is 5.23. The van der Waals surface area contributed by atoms with E-state index in [0.29, 0.717) is 22.6 Å². The fraction of sp³-hybridized carbons (Fsp3) is 0.333. The van der Waals surface area contributed by atoms with Crippen molar-refractivity contribution in [3.63, 3.8) is 0 Å². The molecule has 1 N–H and O–H groups in total. The number of anilines is 1. The highest BCUT2D eigenvalue weighted by Crippen LogP contribution is 2.36. The number of thioether (sulfide) groups is 1. The Balaban J connectivity index is 1.46. The average molecular weight is 418 g/mol. The second-order valence-corrected chi connectivity index (χ2v) is 8.26. The van der Waals surface area contributed by atoms with Gasteiger partial charge in [-0.15, -0.1) is 21.5 Å². The summed E-state index contributed by atoms with van der Waals surface area (Å²) in [5.74, 6) is 2.27. The molecule has 1 amide bonds. The highest BCUT2D eigenvalue weighted by molar-refractivity contribution is 7.99. The highest BCUT2D eigenvalue weighted by Gasteiger charge is 2.19. The number of carbonyl (C=O) groups is 1. The summed E-state index contributed by atoms with van der Waals surface area (Å²) >= 11 is 2.82. The van der Waals surface area contributed by atoms with E-state index in [9.17, 15) is 4.79 Å². The van der Waals surface area contributed by atoms with Crippen LogP contribution in [0.4, 0.5) is 5.13 Å². The molecule has 0 unspecified atom stereocenters. The molecule has 1 aliphatic heterocycles. The van der Waals surface area contributed by atoms with Crippen molar-refractivity contribution in [2.24, 2.45) is 0 Å². The van der Waals surface area contributed by atoms with E-state index in [1.165, 1.54) is 23.1 Å². The molecular weight excluding hydrogens is 398 g/mol. The number of aryl methyl sites for hydroxylation is 2. The van der Waals surface area contributed by atoms with Gasteiger partial charge in [0, 0.05) is 17.0 Å². The Hall–Kier alpha value is -2.59. The van der Waals surface area contributed by atoms with Crippen LogP contribution in [0.15, 0.2) is 23.4 Å². The molecule has 10 heteroatoms. The van der Waals surface area contributed by atoms with Gasteiger partial charge in [0.05, 0.1) is 11.4 Å². The normalized spacial score (nSPS) is 12.4. The maximum Gasteiger partial charge on any atom is 0.236 e. The number of carbonyl (C=O) groups excluding carboxylic acids is 1. The molecule has 4 rings (SSSR count). The lowest BCUT2D eigenvalue weighted by Gasteiger charge is -2.08. The first-order valence-corrected chi connectivity index (χ1v) is 10.5. The summed E-state index contributed by atoms with van der Waals surface area (Å²) in [5.41, 5.74) is 1.83. The molecule has 0 spiro atoms. The summed E-state index contributed by atoms with van der Waals surface area (Å²) in [6.45, 7) is 6.85. The van der Waals surface area contributed by atoms with Gasteiger partial charge < -0.3 is 19.4 Å². The predicted octanol–water partition coefficient (Wildman–Crippen LogP) is 3.50. The molecule has 0 saturated heterocycles. The van der Waals surface area contributed by atoms with E-state index in [2.05, 4.69) is 20.5 Å². The van der Waals surface area contributed by atoms with Crippen LogP contribution in [0.1, 0.15) is 17.5 Å². The molecule has 0 radical (unpaired) electrons. The van der Waals surface area contributed by atoms with Crippen molar-refractivity contribution >= 4 is 34.1 Å². The quantitative estimate of drug-likeness (QED) is 0.614. The summed E-state index contributed by atoms with van der Waals surface area (Å²) < 4.78 is 12.8. The van der Waals surface area contributed by atoms with Crippen molar-refractivity contribution in [1.82, 2.24) is 19.7 Å². The second kappa shape index (κ2) is 7.80. The lowest BCUT2D eigenvalue weighted by atomic mass is 10.2. The molecule has 0 fully saturated rings. The Morgan fingerprint density at radius 3 is 2.86 bits per heavy atom. The zero-order valence-electron chi connectivity index (χ0n) is 15.7. The monoisotopic (exact) mass is 417 g/mol. The van der Waals surface area contributed by atoms with Crippen molar-refractivity contribution < 1.29 is 14.3 Å². The van der Waals surface area contributed by atoms with Gasteiger partial charge in [-0.05, 0) is 39.0 Å². The molecule has 0 aliphatic carbocycles. The Bertz CT molecular complexity index is 1010. The van der Waals surface area contributed by atoms with E-state index in [1.54, 1.807) is 0 Å². The Morgan fingerprint density at radius 2 is 2.11 bits per heavy atom. The van der Waals surface area contributed by atoms with Crippen molar-refractivity contribution in [1.29, 1.82) is 0 Å². The summed E-state index contributed by atoms with van der Waals surface area (Å²) in [4.78, 5) is 17.7. The van der Waals surface area contributed by atoms with E-state index in [-0.39, 0.29) is 18.5 Å². The molecule has 1 aromatic carbocycles. The molecule has 28 heavy (non-hydrogen) atoms. The van der Waals surface area contributed by atoms with Gasteiger partial charge in [0.15, 0.2) is 27.6 Å². The minimum Gasteiger partial charge on any atom is -0.454 e. The molecule has 0 bridgehead atoms. The van der Waals surface area contributed by atoms with E-state index in [0.717, 1.165) is 27.7 Å². The lowest BCUT2D eigenvalue weighted by molar-refractivity contribution is -0.113. The maximum absolute atomic E-state index is 12.3. The summed E-state index contributed by atoms with van der Waals surface area (Å²) in [5, 5.41) is 12.7. The summed E-state index contributed by atoms with van der Waals surface area (Å²) in [6.07, 6.45) is 0. The molecule has 0 saturated carbocycles. The number of thiazole rings is 1. The molecule has 2 aromatic heterocycles. The van der Waals surface area contributed by atoms with E-state index >= 15 is 0 Å². The van der Waals surface area contributed by atoms with E-state index in [4.69, 9.17) is 9.47 Å². The van der Waals surface area contributed by atoms with Crippen LogP contribution in [0.2, 0.25) is 0 Å². The minimum atomic E-state index is -0.117. The first-order chi connectivity index (χ1) is 13.5. The van der Waals surface area contributed by atoms with Gasteiger partial charge in [0.1, 0.15) is 0 Å². The average Bonchev–Trinajstić information content (AvgIpc) is 3.38. The van der Waals surface area contributed by atoms with Crippen LogP contribution in [-0.2, 0) is 11.3 Å². The fourth-order valence-electron chi connectivity index (χ4n) is 2.74. The van der Waals surface area contributed by atoms with Crippen LogP contribution in [0.3, 0.4) is 0 Å². The molecule has 3 aromatic rings. The van der Waals surface area contributed by atoms with Crippen molar-refractivity contribution in [3.05, 3.63) is 28.8 Å². The van der Waals surface area contributed by atoms with Crippen LogP contribution in [0.5, 0.6) is 11.5 Å². The summed E-state index contributed by atoms with van der Waals surface area (Å²) in [6, 6.07) is 5.69. The number of nitrogens with one attached hydrogen (secondary N) is 1. The smallest absolute Gasteiger partial charge is 0.236 e. The van der Waals surface area contributed by atoms with E-state index in [1.807, 2.05) is 43.5 Å². The van der Waals surface area contributed by atoms with Crippen molar-refractivity contribution in [3.8, 4) is 22.9 Å². The van der Waals surface area contributed by atoms with Crippen LogP contribution < -0.4 is 14.8 Å². The first-order valence-electron chi connectivity index (χ1n) is 8.75. The molecule has 8 nitrogen and oxygen atoms in total. The SMILES string of the molecule is CCn1c(SCC(=O)Nc2nc(C)c(C)s2)nnc1-c1ccc2c(c1)OCO2. The minimum absolute atomic E-state index is 0.117. The molecule has 1 aliphatic rings. The van der Waals surface area contributed by atoms with Crippen LogP contribution in [-0.4, -0.2) is 38.2 Å². The number of aromatic nitrogens is 4. The highest BCUT2D eigenvalue weighted by atomic mass is 32.2. The number of rotatable bonds is 6.